The SMILES string of the molecule is CC(CCN(C)C)n1c(=S)[nH]c2cc(I)ccc21. The molecule has 5 heteroatoms. The monoisotopic (exact) mass is 375 g/mol. The van der Waals surface area contributed by atoms with E-state index in [2.05, 4.69) is 76.3 Å². The molecule has 1 unspecified atom stereocenters. The molecule has 2 aromatic rings. The Bertz CT molecular complexity index is 600. The molecule has 1 atom stereocenters. The molecule has 18 heavy (non-hydrogen) atoms. The van der Waals surface area contributed by atoms with Gasteiger partial charge in [0, 0.05) is 9.61 Å². The lowest BCUT2D eigenvalue weighted by Gasteiger charge is -2.17. The Kier molecular flexibility index (Phi) is 4.45. The first kappa shape index (κ1) is 14.0. The number of hydrogen-bond donors (Lipinski definition) is 1. The molecule has 0 fully saturated rings. The number of rotatable bonds is 4. The summed E-state index contributed by atoms with van der Waals surface area (Å²) in [6.45, 7) is 3.30. The highest BCUT2D eigenvalue weighted by atomic mass is 127. The van der Waals surface area contributed by atoms with E-state index in [9.17, 15) is 0 Å². The van der Waals surface area contributed by atoms with Gasteiger partial charge in [0.05, 0.1) is 11.0 Å². The van der Waals surface area contributed by atoms with Crippen LogP contribution in [0, 0.1) is 8.34 Å². The molecule has 0 spiro atoms. The molecule has 0 radical (unpaired) electrons. The maximum Gasteiger partial charge on any atom is 0.178 e. The van der Waals surface area contributed by atoms with Crippen molar-refractivity contribution in [1.82, 2.24) is 14.5 Å². The van der Waals surface area contributed by atoms with Crippen LogP contribution in [-0.4, -0.2) is 35.1 Å². The molecule has 0 bridgehead atoms. The largest absolute Gasteiger partial charge is 0.331 e. The standard InChI is InChI=1S/C13H18IN3S/c1-9(6-7-16(2)3)17-12-5-4-10(14)8-11(12)15-13(17)18/h4-5,8-9H,6-7H2,1-3H3,(H,15,18). The van der Waals surface area contributed by atoms with E-state index in [-0.39, 0.29) is 0 Å². The maximum atomic E-state index is 5.44. The van der Waals surface area contributed by atoms with Crippen LogP contribution in [0.15, 0.2) is 18.2 Å². The Hall–Kier alpha value is -0.400. The van der Waals surface area contributed by atoms with E-state index < -0.39 is 0 Å². The summed E-state index contributed by atoms with van der Waals surface area (Å²) in [6.07, 6.45) is 1.10. The molecule has 1 heterocycles. The molecule has 0 saturated carbocycles. The first-order valence-corrected chi connectivity index (χ1v) is 7.52. The predicted octanol–water partition coefficient (Wildman–Crippen LogP) is 3.82. The Morgan fingerprint density at radius 2 is 2.17 bits per heavy atom. The van der Waals surface area contributed by atoms with Crippen molar-refractivity contribution >= 4 is 45.8 Å². The van der Waals surface area contributed by atoms with Crippen molar-refractivity contribution in [2.75, 3.05) is 20.6 Å². The zero-order valence-corrected chi connectivity index (χ0v) is 13.9. The zero-order valence-electron chi connectivity index (χ0n) is 10.9. The molecule has 1 aromatic heterocycles. The number of H-pyrrole nitrogens is 1. The van der Waals surface area contributed by atoms with Gasteiger partial charge in [-0.15, -0.1) is 0 Å². The number of benzene rings is 1. The summed E-state index contributed by atoms with van der Waals surface area (Å²) in [4.78, 5) is 5.50. The molecule has 98 valence electrons. The smallest absolute Gasteiger partial charge is 0.178 e. The molecule has 0 aliphatic heterocycles. The minimum absolute atomic E-state index is 0.411. The van der Waals surface area contributed by atoms with Crippen LogP contribution in [-0.2, 0) is 0 Å². The van der Waals surface area contributed by atoms with Crippen LogP contribution in [0.5, 0.6) is 0 Å². The Morgan fingerprint density at radius 1 is 1.44 bits per heavy atom. The van der Waals surface area contributed by atoms with E-state index in [1.807, 2.05) is 0 Å². The quantitative estimate of drug-likeness (QED) is 0.649. The molecular weight excluding hydrogens is 357 g/mol. The third kappa shape index (κ3) is 2.95. The van der Waals surface area contributed by atoms with Gasteiger partial charge in [0.2, 0.25) is 0 Å². The Balaban J connectivity index is 2.38. The Labute approximate surface area is 126 Å². The highest BCUT2D eigenvalue weighted by Gasteiger charge is 2.11. The van der Waals surface area contributed by atoms with Crippen LogP contribution in [0.4, 0.5) is 0 Å². The highest BCUT2D eigenvalue weighted by Crippen LogP contribution is 2.22. The topological polar surface area (TPSA) is 24.0 Å². The summed E-state index contributed by atoms with van der Waals surface area (Å²) in [6, 6.07) is 6.82. The summed E-state index contributed by atoms with van der Waals surface area (Å²) in [5.41, 5.74) is 2.33. The van der Waals surface area contributed by atoms with E-state index in [0.29, 0.717) is 6.04 Å². The lowest BCUT2D eigenvalue weighted by atomic mass is 10.2. The van der Waals surface area contributed by atoms with Gasteiger partial charge in [-0.2, -0.15) is 0 Å². The second kappa shape index (κ2) is 5.71. The van der Waals surface area contributed by atoms with Crippen molar-refractivity contribution in [3.63, 3.8) is 0 Å². The second-order valence-corrected chi connectivity index (χ2v) is 6.53. The van der Waals surface area contributed by atoms with Gasteiger partial charge in [0.25, 0.3) is 0 Å². The van der Waals surface area contributed by atoms with Gasteiger partial charge >= 0.3 is 0 Å². The van der Waals surface area contributed by atoms with Crippen LogP contribution in [0.25, 0.3) is 11.0 Å². The van der Waals surface area contributed by atoms with Crippen LogP contribution < -0.4 is 0 Å². The molecule has 0 aliphatic rings. The summed E-state index contributed by atoms with van der Waals surface area (Å²) in [7, 11) is 4.20. The Morgan fingerprint density at radius 3 is 2.83 bits per heavy atom. The first-order valence-electron chi connectivity index (χ1n) is 6.03. The molecule has 1 N–H and O–H groups in total. The van der Waals surface area contributed by atoms with E-state index in [0.717, 1.165) is 23.3 Å². The van der Waals surface area contributed by atoms with E-state index in [1.54, 1.807) is 0 Å². The van der Waals surface area contributed by atoms with Gasteiger partial charge in [0.15, 0.2) is 4.77 Å². The molecule has 1 aromatic carbocycles. The number of imidazole rings is 1. The van der Waals surface area contributed by atoms with Gasteiger partial charge in [-0.1, -0.05) is 0 Å². The number of fused-ring (bicyclic) bond motifs is 1. The molecule has 3 nitrogen and oxygen atoms in total. The van der Waals surface area contributed by atoms with Crippen LogP contribution >= 0.6 is 34.8 Å². The summed E-state index contributed by atoms with van der Waals surface area (Å²) >= 11 is 7.77. The lowest BCUT2D eigenvalue weighted by molar-refractivity contribution is 0.359. The zero-order chi connectivity index (χ0) is 13.3. The van der Waals surface area contributed by atoms with Crippen molar-refractivity contribution in [2.24, 2.45) is 0 Å². The van der Waals surface area contributed by atoms with E-state index in [4.69, 9.17) is 12.2 Å². The average molecular weight is 375 g/mol. The fraction of sp³-hybridized carbons (Fsp3) is 0.462. The van der Waals surface area contributed by atoms with Crippen LogP contribution in [0.2, 0.25) is 0 Å². The summed E-state index contributed by atoms with van der Waals surface area (Å²) in [5, 5.41) is 0. The fourth-order valence-corrected chi connectivity index (χ4v) is 2.99. The van der Waals surface area contributed by atoms with E-state index in [1.165, 1.54) is 9.09 Å². The van der Waals surface area contributed by atoms with Crippen molar-refractivity contribution in [3.8, 4) is 0 Å². The summed E-state index contributed by atoms with van der Waals surface area (Å²) < 4.78 is 4.27. The maximum absolute atomic E-state index is 5.44. The number of nitrogens with zero attached hydrogens (tertiary/aromatic N) is 2. The van der Waals surface area contributed by atoms with Crippen LogP contribution in [0.1, 0.15) is 19.4 Å². The number of nitrogens with one attached hydrogen (secondary N) is 1. The van der Waals surface area contributed by atoms with Gasteiger partial charge in [-0.3, -0.25) is 0 Å². The van der Waals surface area contributed by atoms with Gasteiger partial charge < -0.3 is 14.5 Å². The van der Waals surface area contributed by atoms with Crippen molar-refractivity contribution in [2.45, 2.75) is 19.4 Å². The minimum atomic E-state index is 0.411. The molecule has 0 aliphatic carbocycles. The van der Waals surface area contributed by atoms with Gasteiger partial charge in [0.1, 0.15) is 0 Å². The number of halogens is 1. The molecule has 0 saturated heterocycles. The molecular formula is C13H18IN3S. The van der Waals surface area contributed by atoms with Crippen molar-refractivity contribution in [3.05, 3.63) is 26.5 Å². The molecule has 2 rings (SSSR count). The van der Waals surface area contributed by atoms with Crippen LogP contribution in [0.3, 0.4) is 0 Å². The number of aromatic amines is 1. The highest BCUT2D eigenvalue weighted by molar-refractivity contribution is 14.1. The van der Waals surface area contributed by atoms with E-state index >= 15 is 0 Å². The first-order chi connectivity index (χ1) is 8.49. The fourth-order valence-electron chi connectivity index (χ4n) is 2.12. The predicted molar refractivity (Wildman–Crippen MR) is 87.7 cm³/mol. The number of aromatic nitrogens is 2. The normalized spacial score (nSPS) is 13.4. The van der Waals surface area contributed by atoms with Crippen molar-refractivity contribution < 1.29 is 0 Å². The third-order valence-electron chi connectivity index (χ3n) is 3.11. The summed E-state index contributed by atoms with van der Waals surface area (Å²) in [5.74, 6) is 0. The lowest BCUT2D eigenvalue weighted by Crippen LogP contribution is -2.17. The minimum Gasteiger partial charge on any atom is -0.331 e. The third-order valence-corrected chi connectivity index (χ3v) is 4.08. The number of hydrogen-bond acceptors (Lipinski definition) is 2. The van der Waals surface area contributed by atoms with Gasteiger partial charge in [-0.25, -0.2) is 0 Å². The van der Waals surface area contributed by atoms with Crippen molar-refractivity contribution in [1.29, 1.82) is 0 Å². The van der Waals surface area contributed by atoms with Gasteiger partial charge in [-0.05, 0) is 87.0 Å². The second-order valence-electron chi connectivity index (χ2n) is 4.90. The molecule has 0 amide bonds. The average Bonchev–Trinajstić information content (AvgIpc) is 2.61.